The smallest absolute Gasteiger partial charge is 0.465 e. The Bertz CT molecular complexity index is 1160. The van der Waals surface area contributed by atoms with Crippen LogP contribution in [0.15, 0.2) is 18.2 Å². The van der Waals surface area contributed by atoms with E-state index in [1.165, 1.54) is 17.0 Å². The summed E-state index contributed by atoms with van der Waals surface area (Å²) in [6.45, 7) is 3.09. The van der Waals surface area contributed by atoms with Gasteiger partial charge in [0.2, 0.25) is 5.91 Å². The second kappa shape index (κ2) is 8.97. The molecule has 2 N–H and O–H groups in total. The third kappa shape index (κ3) is 4.60. The molecule has 2 amide bonds. The molecular formula is C24H28F3N5O4. The van der Waals surface area contributed by atoms with Crippen LogP contribution < -0.4 is 4.74 Å². The summed E-state index contributed by atoms with van der Waals surface area (Å²) in [5.74, 6) is -0.430. The van der Waals surface area contributed by atoms with E-state index in [0.717, 1.165) is 17.0 Å². The summed E-state index contributed by atoms with van der Waals surface area (Å²) in [5, 5.41) is 20.3. The van der Waals surface area contributed by atoms with Crippen LogP contribution in [0, 0.1) is 18.3 Å². The topological polar surface area (TPSA) is 112 Å². The van der Waals surface area contributed by atoms with Gasteiger partial charge in [-0.3, -0.25) is 4.79 Å². The van der Waals surface area contributed by atoms with Gasteiger partial charge in [0.05, 0.1) is 11.4 Å². The first-order chi connectivity index (χ1) is 17.0. The van der Waals surface area contributed by atoms with Gasteiger partial charge in [0.25, 0.3) is 0 Å². The number of likely N-dealkylation sites (tertiary alicyclic amines) is 2. The number of benzene rings is 1. The normalized spacial score (nSPS) is 23.2. The Balaban J connectivity index is 1.36. The number of alkyl halides is 3. The Labute approximate surface area is 205 Å². The summed E-state index contributed by atoms with van der Waals surface area (Å²) in [6.07, 6.45) is -2.06. The van der Waals surface area contributed by atoms with Crippen LogP contribution in [-0.2, 0) is 24.1 Å². The number of aromatic nitrogens is 3. The van der Waals surface area contributed by atoms with E-state index >= 15 is 0 Å². The maximum atomic E-state index is 13.6. The predicted molar refractivity (Wildman–Crippen MR) is 120 cm³/mol. The summed E-state index contributed by atoms with van der Waals surface area (Å²) in [5.41, 5.74) is 2.99. The van der Waals surface area contributed by atoms with Crippen molar-refractivity contribution in [3.05, 3.63) is 40.7 Å². The van der Waals surface area contributed by atoms with E-state index < -0.39 is 12.5 Å². The van der Waals surface area contributed by atoms with Gasteiger partial charge < -0.3 is 19.6 Å². The fourth-order valence-corrected chi connectivity index (χ4v) is 6.00. The number of piperidine rings is 1. The van der Waals surface area contributed by atoms with Crippen LogP contribution in [0.2, 0.25) is 0 Å². The number of carboxylic acid groups (broad SMARTS) is 1. The number of H-pyrrole nitrogens is 1. The quantitative estimate of drug-likeness (QED) is 0.657. The zero-order valence-electron chi connectivity index (χ0n) is 19.8. The average molecular weight is 508 g/mol. The van der Waals surface area contributed by atoms with Crippen LogP contribution in [-0.4, -0.2) is 74.4 Å². The Morgan fingerprint density at radius 1 is 1.22 bits per heavy atom. The van der Waals surface area contributed by atoms with Crippen LogP contribution in [0.1, 0.15) is 41.8 Å². The Morgan fingerprint density at radius 2 is 1.94 bits per heavy atom. The number of amides is 2. The molecule has 2 saturated heterocycles. The standard InChI is InChI=1S/C24H28F3N5O4/c1-14-10-17(36-24(25,26)27)4-2-15(14)12-20-23(6-8-31(9-7-23)22(34)35)13-32(20)21(33)16-3-5-18-19(11-16)29-30-28-18/h2,4,10,16,20H,3,5-9,11-13H2,1H3,(H,34,35)(H,28,29,30). The first kappa shape index (κ1) is 24.4. The van der Waals surface area contributed by atoms with E-state index in [4.69, 9.17) is 0 Å². The number of aromatic amines is 1. The fourth-order valence-electron chi connectivity index (χ4n) is 6.00. The molecule has 2 atom stereocenters. The predicted octanol–water partition coefficient (Wildman–Crippen LogP) is 3.33. The SMILES string of the molecule is Cc1cc(OC(F)(F)F)ccc1CC1N(C(=O)C2CCc3n[nH]nc3C2)CC12CCN(C(=O)O)CC2. The zero-order chi connectivity index (χ0) is 25.7. The highest BCUT2D eigenvalue weighted by Crippen LogP contribution is 2.49. The highest BCUT2D eigenvalue weighted by Gasteiger charge is 2.56. The molecule has 2 aliphatic heterocycles. The molecule has 3 aliphatic rings. The molecular weight excluding hydrogens is 479 g/mol. The number of nitrogens with zero attached hydrogens (tertiary/aromatic N) is 4. The van der Waals surface area contributed by atoms with Crippen molar-refractivity contribution in [3.63, 3.8) is 0 Å². The molecule has 0 bridgehead atoms. The summed E-state index contributed by atoms with van der Waals surface area (Å²) < 4.78 is 42.0. The molecule has 2 fully saturated rings. The summed E-state index contributed by atoms with van der Waals surface area (Å²) >= 11 is 0. The minimum atomic E-state index is -4.77. The van der Waals surface area contributed by atoms with Crippen LogP contribution in [0.5, 0.6) is 5.75 Å². The molecule has 0 radical (unpaired) electrons. The number of ether oxygens (including phenoxy) is 1. The molecule has 12 heteroatoms. The van der Waals surface area contributed by atoms with Gasteiger partial charge in [0, 0.05) is 43.4 Å². The van der Waals surface area contributed by atoms with E-state index in [2.05, 4.69) is 20.1 Å². The highest BCUT2D eigenvalue weighted by molar-refractivity contribution is 5.81. The van der Waals surface area contributed by atoms with Gasteiger partial charge in [0.15, 0.2) is 0 Å². The number of hydrogen-bond donors (Lipinski definition) is 2. The largest absolute Gasteiger partial charge is 0.573 e. The molecule has 2 unspecified atom stereocenters. The van der Waals surface area contributed by atoms with Crippen molar-refractivity contribution in [2.24, 2.45) is 11.3 Å². The van der Waals surface area contributed by atoms with Crippen molar-refractivity contribution >= 4 is 12.0 Å². The van der Waals surface area contributed by atoms with Crippen LogP contribution >= 0.6 is 0 Å². The summed E-state index contributed by atoms with van der Waals surface area (Å²) in [6, 6.07) is 4.13. The van der Waals surface area contributed by atoms with E-state index in [-0.39, 0.29) is 29.0 Å². The molecule has 1 aromatic heterocycles. The van der Waals surface area contributed by atoms with Crippen LogP contribution in [0.3, 0.4) is 0 Å². The molecule has 2 aromatic rings. The van der Waals surface area contributed by atoms with E-state index in [9.17, 15) is 27.9 Å². The van der Waals surface area contributed by atoms with Crippen LogP contribution in [0.25, 0.3) is 0 Å². The van der Waals surface area contributed by atoms with Gasteiger partial charge in [-0.2, -0.15) is 15.4 Å². The van der Waals surface area contributed by atoms with Gasteiger partial charge in [-0.25, -0.2) is 4.79 Å². The first-order valence-corrected chi connectivity index (χ1v) is 12.1. The highest BCUT2D eigenvalue weighted by atomic mass is 19.4. The number of rotatable bonds is 4. The number of halogens is 3. The number of nitrogens with one attached hydrogen (secondary N) is 1. The van der Waals surface area contributed by atoms with Crippen molar-refractivity contribution in [1.82, 2.24) is 25.2 Å². The number of hydrogen-bond acceptors (Lipinski definition) is 5. The number of carbonyl (C=O) groups is 2. The number of aryl methyl sites for hydroxylation is 2. The molecule has 0 saturated carbocycles. The van der Waals surface area contributed by atoms with Gasteiger partial charge >= 0.3 is 12.5 Å². The lowest BCUT2D eigenvalue weighted by atomic mass is 9.63. The molecule has 3 heterocycles. The lowest BCUT2D eigenvalue weighted by Crippen LogP contribution is -2.70. The summed E-state index contributed by atoms with van der Waals surface area (Å²) in [4.78, 5) is 28.4. The molecule has 194 valence electrons. The van der Waals surface area contributed by atoms with Crippen molar-refractivity contribution in [3.8, 4) is 5.75 Å². The van der Waals surface area contributed by atoms with E-state index in [1.807, 2.05) is 4.90 Å². The average Bonchev–Trinajstić information content (AvgIpc) is 3.29. The van der Waals surface area contributed by atoms with E-state index in [1.54, 1.807) is 13.0 Å². The lowest BCUT2D eigenvalue weighted by Gasteiger charge is -2.61. The van der Waals surface area contributed by atoms with Gasteiger partial charge in [-0.15, -0.1) is 13.2 Å². The second-order valence-corrected chi connectivity index (χ2v) is 10.1. The molecule has 36 heavy (non-hydrogen) atoms. The van der Waals surface area contributed by atoms with Crippen LogP contribution in [0.4, 0.5) is 18.0 Å². The zero-order valence-corrected chi connectivity index (χ0v) is 19.8. The third-order valence-corrected chi connectivity index (χ3v) is 8.06. The fraction of sp³-hybridized carbons (Fsp3) is 0.583. The molecule has 1 aliphatic carbocycles. The van der Waals surface area contributed by atoms with Gasteiger partial charge in [-0.05, 0) is 62.3 Å². The maximum absolute atomic E-state index is 13.6. The second-order valence-electron chi connectivity index (χ2n) is 10.1. The Morgan fingerprint density at radius 3 is 2.61 bits per heavy atom. The van der Waals surface area contributed by atoms with Gasteiger partial charge in [0.1, 0.15) is 5.75 Å². The minimum Gasteiger partial charge on any atom is -0.465 e. The van der Waals surface area contributed by atoms with Crippen molar-refractivity contribution in [1.29, 1.82) is 0 Å². The monoisotopic (exact) mass is 507 g/mol. The lowest BCUT2D eigenvalue weighted by molar-refractivity contribution is -0.274. The van der Waals surface area contributed by atoms with Crippen molar-refractivity contribution < 1.29 is 32.6 Å². The third-order valence-electron chi connectivity index (χ3n) is 8.06. The van der Waals surface area contributed by atoms with Crippen molar-refractivity contribution in [2.75, 3.05) is 19.6 Å². The Hall–Kier alpha value is -3.31. The van der Waals surface area contributed by atoms with E-state index in [0.29, 0.717) is 63.7 Å². The molecule has 1 aromatic carbocycles. The maximum Gasteiger partial charge on any atom is 0.573 e. The molecule has 9 nitrogen and oxygen atoms in total. The van der Waals surface area contributed by atoms with Gasteiger partial charge in [-0.1, -0.05) is 6.07 Å². The minimum absolute atomic E-state index is 0.0506. The first-order valence-electron chi connectivity index (χ1n) is 12.1. The van der Waals surface area contributed by atoms with Crippen molar-refractivity contribution in [2.45, 2.75) is 57.9 Å². The Kier molecular flexibility index (Phi) is 6.08. The molecule has 1 spiro atoms. The number of carbonyl (C=O) groups excluding carboxylic acids is 1. The summed E-state index contributed by atoms with van der Waals surface area (Å²) in [7, 11) is 0. The molecule has 5 rings (SSSR count). The number of fused-ring (bicyclic) bond motifs is 1.